The Labute approximate surface area is 142 Å². The molecule has 1 aromatic rings. The molecule has 3 nitrogen and oxygen atoms in total. The summed E-state index contributed by atoms with van der Waals surface area (Å²) in [6.45, 7) is 8.59. The number of hydrogen-bond acceptors (Lipinski definition) is 3. The number of carbonyl (C=O) groups is 1. The van der Waals surface area contributed by atoms with Crippen LogP contribution in [0.15, 0.2) is 24.3 Å². The molecule has 120 valence electrons. The molecule has 1 fully saturated rings. The number of likely N-dealkylation sites (tertiary alicyclic amines) is 1. The summed E-state index contributed by atoms with van der Waals surface area (Å²) in [6, 6.07) is 8.05. The van der Waals surface area contributed by atoms with Crippen LogP contribution >= 0.6 is 24.0 Å². The van der Waals surface area contributed by atoms with Crippen LogP contribution in [-0.2, 0) is 10.2 Å². The van der Waals surface area contributed by atoms with Gasteiger partial charge in [-0.3, -0.25) is 4.79 Å². The number of hydrogen-bond donors (Lipinski definition) is 1. The number of thioether (sulfide) groups is 1. The van der Waals surface area contributed by atoms with E-state index in [2.05, 4.69) is 43.1 Å². The summed E-state index contributed by atoms with van der Waals surface area (Å²) in [4.78, 5) is 14.2. The average molecular weight is 337 g/mol. The molecule has 0 unspecified atom stereocenters. The monoisotopic (exact) mass is 336 g/mol. The SMILES string of the molecule is CC(C)(C)c1ccc(NC(=O)CSC(=S)N2CCCC2)cc1. The molecular formula is C17H24N2OS2. The van der Waals surface area contributed by atoms with Gasteiger partial charge in [0.2, 0.25) is 5.91 Å². The Morgan fingerprint density at radius 1 is 1.23 bits per heavy atom. The third-order valence-electron chi connectivity index (χ3n) is 3.73. The van der Waals surface area contributed by atoms with Crippen LogP contribution < -0.4 is 5.32 Å². The first-order valence-corrected chi connectivity index (χ1v) is 9.08. The van der Waals surface area contributed by atoms with Crippen LogP contribution in [0, 0.1) is 0 Å². The van der Waals surface area contributed by atoms with E-state index >= 15 is 0 Å². The highest BCUT2D eigenvalue weighted by atomic mass is 32.2. The zero-order chi connectivity index (χ0) is 16.2. The molecule has 5 heteroatoms. The molecule has 1 N–H and O–H groups in total. The Bertz CT molecular complexity index is 529. The Morgan fingerprint density at radius 3 is 2.36 bits per heavy atom. The van der Waals surface area contributed by atoms with Crippen molar-refractivity contribution in [3.63, 3.8) is 0 Å². The molecule has 1 aliphatic rings. The van der Waals surface area contributed by atoms with Gasteiger partial charge in [-0.1, -0.05) is 56.9 Å². The lowest BCUT2D eigenvalue weighted by atomic mass is 9.87. The fraction of sp³-hybridized carbons (Fsp3) is 0.529. The first-order valence-electron chi connectivity index (χ1n) is 7.68. The molecule has 1 heterocycles. The molecule has 0 atom stereocenters. The smallest absolute Gasteiger partial charge is 0.234 e. The van der Waals surface area contributed by atoms with Crippen molar-refractivity contribution in [1.82, 2.24) is 4.90 Å². The number of nitrogens with zero attached hydrogens (tertiary/aromatic N) is 1. The molecule has 0 bridgehead atoms. The lowest BCUT2D eigenvalue weighted by Gasteiger charge is -2.19. The summed E-state index contributed by atoms with van der Waals surface area (Å²) < 4.78 is 0.843. The minimum absolute atomic E-state index is 0.00458. The van der Waals surface area contributed by atoms with Gasteiger partial charge in [0, 0.05) is 18.8 Å². The van der Waals surface area contributed by atoms with Crippen LogP contribution in [0.2, 0.25) is 0 Å². The molecule has 22 heavy (non-hydrogen) atoms. The number of carbonyl (C=O) groups excluding carboxylic acids is 1. The number of nitrogens with one attached hydrogen (secondary N) is 1. The highest BCUT2D eigenvalue weighted by Gasteiger charge is 2.16. The summed E-state index contributed by atoms with van der Waals surface area (Å²) >= 11 is 6.82. The normalized spacial score (nSPS) is 15.0. The summed E-state index contributed by atoms with van der Waals surface area (Å²) in [7, 11) is 0. The van der Waals surface area contributed by atoms with Gasteiger partial charge >= 0.3 is 0 Å². The summed E-state index contributed by atoms with van der Waals surface area (Å²) in [5.41, 5.74) is 2.22. The minimum Gasteiger partial charge on any atom is -0.358 e. The lowest BCUT2D eigenvalue weighted by Crippen LogP contribution is -2.25. The van der Waals surface area contributed by atoms with Crippen molar-refractivity contribution in [2.24, 2.45) is 0 Å². The molecule has 1 aliphatic heterocycles. The highest BCUT2D eigenvalue weighted by Crippen LogP contribution is 2.23. The van der Waals surface area contributed by atoms with Crippen LogP contribution in [0.4, 0.5) is 5.69 Å². The lowest BCUT2D eigenvalue weighted by molar-refractivity contribution is -0.113. The van der Waals surface area contributed by atoms with E-state index < -0.39 is 0 Å². The maximum atomic E-state index is 12.0. The van der Waals surface area contributed by atoms with Gasteiger partial charge in [0.15, 0.2) is 0 Å². The van der Waals surface area contributed by atoms with Gasteiger partial charge in [-0.15, -0.1) is 0 Å². The first-order chi connectivity index (χ1) is 10.4. The van der Waals surface area contributed by atoms with Crippen molar-refractivity contribution in [3.05, 3.63) is 29.8 Å². The molecule has 0 saturated carbocycles. The minimum atomic E-state index is -0.00458. The van der Waals surface area contributed by atoms with E-state index in [1.54, 1.807) is 0 Å². The molecule has 0 spiro atoms. The Morgan fingerprint density at radius 2 is 1.82 bits per heavy atom. The van der Waals surface area contributed by atoms with Crippen LogP contribution in [0.1, 0.15) is 39.2 Å². The number of rotatable bonds is 3. The Balaban J connectivity index is 1.80. The number of anilines is 1. The van der Waals surface area contributed by atoms with E-state index in [9.17, 15) is 4.79 Å². The molecular weight excluding hydrogens is 312 g/mol. The summed E-state index contributed by atoms with van der Waals surface area (Å²) in [5.74, 6) is 0.367. The van der Waals surface area contributed by atoms with E-state index in [0.717, 1.165) is 23.1 Å². The van der Waals surface area contributed by atoms with E-state index in [4.69, 9.17) is 12.2 Å². The number of amides is 1. The van der Waals surface area contributed by atoms with Gasteiger partial charge in [-0.2, -0.15) is 0 Å². The molecule has 1 aromatic carbocycles. The predicted octanol–water partition coefficient (Wildman–Crippen LogP) is 4.04. The second-order valence-corrected chi connectivity index (χ2v) is 8.23. The Hall–Kier alpha value is -1.07. The molecule has 0 aliphatic carbocycles. The van der Waals surface area contributed by atoms with E-state index in [1.165, 1.54) is 30.2 Å². The average Bonchev–Trinajstić information content (AvgIpc) is 2.98. The quantitative estimate of drug-likeness (QED) is 0.845. The van der Waals surface area contributed by atoms with Crippen LogP contribution in [-0.4, -0.2) is 34.0 Å². The van der Waals surface area contributed by atoms with Crippen molar-refractivity contribution in [3.8, 4) is 0 Å². The highest BCUT2D eigenvalue weighted by molar-refractivity contribution is 8.23. The van der Waals surface area contributed by atoms with Crippen molar-refractivity contribution in [2.45, 2.75) is 39.0 Å². The molecule has 1 saturated heterocycles. The molecule has 0 aromatic heterocycles. The van der Waals surface area contributed by atoms with E-state index in [0.29, 0.717) is 5.75 Å². The van der Waals surface area contributed by atoms with Crippen molar-refractivity contribution >= 4 is 39.9 Å². The van der Waals surface area contributed by atoms with Gasteiger partial charge in [-0.05, 0) is 36.0 Å². The van der Waals surface area contributed by atoms with Crippen molar-refractivity contribution in [2.75, 3.05) is 24.2 Å². The largest absolute Gasteiger partial charge is 0.358 e. The van der Waals surface area contributed by atoms with E-state index in [-0.39, 0.29) is 11.3 Å². The maximum Gasteiger partial charge on any atom is 0.234 e. The van der Waals surface area contributed by atoms with Crippen LogP contribution in [0.5, 0.6) is 0 Å². The maximum absolute atomic E-state index is 12.0. The molecule has 2 rings (SSSR count). The number of thiocarbonyl (C=S) groups is 1. The summed E-state index contributed by atoms with van der Waals surface area (Å²) in [6.07, 6.45) is 2.40. The fourth-order valence-corrected chi connectivity index (χ4v) is 3.42. The zero-order valence-electron chi connectivity index (χ0n) is 13.5. The summed E-state index contributed by atoms with van der Waals surface area (Å²) in [5, 5.41) is 2.93. The fourth-order valence-electron chi connectivity index (χ4n) is 2.37. The third-order valence-corrected chi connectivity index (χ3v) is 5.25. The standard InChI is InChI=1S/C17H24N2OS2/c1-17(2,3)13-6-8-14(9-7-13)18-15(20)12-22-16(21)19-10-4-5-11-19/h6-9H,4-5,10-12H2,1-3H3,(H,18,20). The van der Waals surface area contributed by atoms with Gasteiger partial charge < -0.3 is 10.2 Å². The third kappa shape index (κ3) is 4.99. The van der Waals surface area contributed by atoms with Gasteiger partial charge in [-0.25, -0.2) is 0 Å². The number of benzene rings is 1. The van der Waals surface area contributed by atoms with Gasteiger partial charge in [0.1, 0.15) is 4.32 Å². The Kier molecular flexibility index (Phi) is 5.87. The van der Waals surface area contributed by atoms with Crippen molar-refractivity contribution in [1.29, 1.82) is 0 Å². The van der Waals surface area contributed by atoms with Crippen molar-refractivity contribution < 1.29 is 4.79 Å². The van der Waals surface area contributed by atoms with Gasteiger partial charge in [0.05, 0.1) is 5.75 Å². The topological polar surface area (TPSA) is 32.3 Å². The van der Waals surface area contributed by atoms with Gasteiger partial charge in [0.25, 0.3) is 0 Å². The first kappa shape index (κ1) is 17.3. The van der Waals surface area contributed by atoms with E-state index in [1.807, 2.05) is 12.1 Å². The van der Waals surface area contributed by atoms with Crippen LogP contribution in [0.3, 0.4) is 0 Å². The molecule has 1 amide bonds. The molecule has 0 radical (unpaired) electrons. The second-order valence-electron chi connectivity index (χ2n) is 6.62. The predicted molar refractivity (Wildman–Crippen MR) is 99.6 cm³/mol. The second kappa shape index (κ2) is 7.47. The van der Waals surface area contributed by atoms with Crippen LogP contribution in [0.25, 0.3) is 0 Å². The zero-order valence-corrected chi connectivity index (χ0v) is 15.1.